The minimum Gasteiger partial charge on any atom is -0.497 e. The molecule has 0 spiro atoms. The van der Waals surface area contributed by atoms with E-state index in [9.17, 15) is 4.79 Å². The Hall–Kier alpha value is -2.36. The van der Waals surface area contributed by atoms with Crippen LogP contribution in [-0.4, -0.2) is 40.7 Å². The molecule has 0 aliphatic carbocycles. The number of benzene rings is 2. The molecule has 0 heterocycles. The number of nitrogens with zero attached hydrogens (tertiary/aromatic N) is 1. The number of carbonyl (C=O) groups excluding carboxylic acids is 1. The van der Waals surface area contributed by atoms with Crippen LogP contribution in [0.3, 0.4) is 0 Å². The van der Waals surface area contributed by atoms with Crippen molar-refractivity contribution >= 4 is 22.5 Å². The highest BCUT2D eigenvalue weighted by Gasteiger charge is 2.30. The molecule has 0 aromatic heterocycles. The first kappa shape index (κ1) is 29.9. The third kappa shape index (κ3) is 12.1. The van der Waals surface area contributed by atoms with Gasteiger partial charge in [-0.3, -0.25) is 4.90 Å². The first-order valence-electron chi connectivity index (χ1n) is 12.9. The molecule has 5 nitrogen and oxygen atoms in total. The monoisotopic (exact) mass is 527 g/mol. The van der Waals surface area contributed by atoms with Gasteiger partial charge in [0.05, 0.1) is 13.7 Å². The molecule has 0 saturated heterocycles. The number of ether oxygens (including phenoxy) is 2. The number of carbonyl (C=O) groups is 1. The van der Waals surface area contributed by atoms with E-state index in [1.54, 1.807) is 12.0 Å². The smallest absolute Gasteiger partial charge is 0.412 e. The molecule has 7 heteroatoms. The summed E-state index contributed by atoms with van der Waals surface area (Å²) >= 11 is 0. The zero-order valence-electron chi connectivity index (χ0n) is 23.3. The van der Waals surface area contributed by atoms with Crippen molar-refractivity contribution in [2.75, 3.05) is 7.11 Å². The summed E-state index contributed by atoms with van der Waals surface area (Å²) in [6.45, 7) is 14.3. The van der Waals surface area contributed by atoms with Crippen LogP contribution < -0.4 is 4.74 Å². The van der Waals surface area contributed by atoms with Crippen molar-refractivity contribution in [3.63, 3.8) is 0 Å². The van der Waals surface area contributed by atoms with Crippen LogP contribution in [0.25, 0.3) is 0 Å². The molecule has 198 valence electrons. The Balaban J connectivity index is 2.18. The second kappa shape index (κ2) is 14.4. The van der Waals surface area contributed by atoms with E-state index in [1.165, 1.54) is 6.04 Å². The number of rotatable bonds is 14. The summed E-state index contributed by atoms with van der Waals surface area (Å²) in [5.74, 6) is 0.789. The van der Waals surface area contributed by atoms with Gasteiger partial charge in [-0.05, 0) is 68.2 Å². The Morgan fingerprint density at radius 1 is 0.917 bits per heavy atom. The van der Waals surface area contributed by atoms with E-state index in [2.05, 4.69) is 51.4 Å². The summed E-state index contributed by atoms with van der Waals surface area (Å²) in [7, 11) is -1.35. The molecule has 2 aromatic rings. The Bertz CT molecular complexity index is 934. The molecule has 0 bridgehead atoms. The lowest BCUT2D eigenvalue weighted by Crippen LogP contribution is -2.46. The Morgan fingerprint density at radius 3 is 2.17 bits per heavy atom. The van der Waals surface area contributed by atoms with Crippen molar-refractivity contribution < 1.29 is 18.7 Å². The lowest BCUT2D eigenvalue weighted by atomic mass is 10.1. The van der Waals surface area contributed by atoms with Gasteiger partial charge in [0.25, 0.3) is 0 Å². The highest BCUT2D eigenvalue weighted by Crippen LogP contribution is 2.22. The predicted molar refractivity (Wildman–Crippen MR) is 155 cm³/mol. The fraction of sp³-hybridized carbons (Fsp3) is 0.483. The molecule has 1 unspecified atom stereocenters. The Morgan fingerprint density at radius 2 is 1.58 bits per heavy atom. The van der Waals surface area contributed by atoms with Crippen LogP contribution in [0.4, 0.5) is 4.79 Å². The Labute approximate surface area is 220 Å². The summed E-state index contributed by atoms with van der Waals surface area (Å²) in [6, 6.07) is 18.8. The number of hydrogen-bond donors (Lipinski definition) is 0. The van der Waals surface area contributed by atoms with Crippen LogP contribution in [-0.2, 0) is 22.3 Å². The fourth-order valence-corrected chi connectivity index (χ4v) is 5.60. The topological polar surface area (TPSA) is 48.0 Å². The first-order valence-corrected chi connectivity index (χ1v) is 20.0. The van der Waals surface area contributed by atoms with Gasteiger partial charge in [0, 0.05) is 8.07 Å². The second-order valence-corrected chi connectivity index (χ2v) is 21.4. The first-order chi connectivity index (χ1) is 17.0. The molecular weight excluding hydrogens is 482 g/mol. The van der Waals surface area contributed by atoms with E-state index < -0.39 is 16.4 Å². The van der Waals surface area contributed by atoms with Crippen molar-refractivity contribution in [1.82, 2.24) is 4.90 Å². The molecule has 36 heavy (non-hydrogen) atoms. The summed E-state index contributed by atoms with van der Waals surface area (Å²) in [5.41, 5.74) is 1.97. The highest BCUT2D eigenvalue weighted by molar-refractivity contribution is 6.76. The maximum absolute atomic E-state index is 13.4. The normalized spacial score (nSPS) is 13.0. The molecule has 2 aromatic carbocycles. The summed E-state index contributed by atoms with van der Waals surface area (Å²) in [6.07, 6.45) is 6.60. The summed E-state index contributed by atoms with van der Waals surface area (Å²) in [5, 5.41) is 0. The van der Waals surface area contributed by atoms with E-state index >= 15 is 0 Å². The number of unbranched alkanes of at least 4 members (excludes halogenated alkanes) is 1. The zero-order chi connectivity index (χ0) is 26.6. The molecule has 0 N–H and O–H groups in total. The van der Waals surface area contributed by atoms with Crippen LogP contribution in [0.1, 0.15) is 30.4 Å². The zero-order valence-corrected chi connectivity index (χ0v) is 25.3. The quantitative estimate of drug-likeness (QED) is 0.108. The minimum atomic E-state index is -1.93. The van der Waals surface area contributed by atoms with Crippen LogP contribution in [0.5, 0.6) is 5.75 Å². The maximum atomic E-state index is 13.4. The molecule has 1 atom stereocenters. The summed E-state index contributed by atoms with van der Waals surface area (Å²) in [4.78, 5) is 15.2. The van der Waals surface area contributed by atoms with Gasteiger partial charge < -0.3 is 13.9 Å². The highest BCUT2D eigenvalue weighted by atomic mass is 28.4. The van der Waals surface area contributed by atoms with Gasteiger partial charge in [0.1, 0.15) is 18.6 Å². The standard InChI is InChI=1S/C29H45NO4Si2/c1-32-27-20-18-25(19-21-27)23-30(29(31)33-24-26-15-11-10-12-16-26)28(34-36(5,6)7)17-13-8-9-14-22-35(2,3)4/h9-12,14-16,18-21,28H,8,13,17,22-24H2,1-7H3/b14-9+. The number of hydrogen-bond acceptors (Lipinski definition) is 4. The van der Waals surface area contributed by atoms with Crippen molar-refractivity contribution in [1.29, 1.82) is 0 Å². The van der Waals surface area contributed by atoms with Gasteiger partial charge in [-0.25, -0.2) is 4.79 Å². The van der Waals surface area contributed by atoms with E-state index in [4.69, 9.17) is 13.9 Å². The summed E-state index contributed by atoms with van der Waals surface area (Å²) < 4.78 is 17.6. The SMILES string of the molecule is COc1ccc(CN(C(=O)OCc2ccccc2)C(CCC/C=C/C[Si](C)(C)C)O[Si](C)(C)C)cc1. The van der Waals surface area contributed by atoms with E-state index in [-0.39, 0.29) is 18.9 Å². The van der Waals surface area contributed by atoms with Crippen LogP contribution in [0.15, 0.2) is 66.7 Å². The molecule has 0 aliphatic rings. The maximum Gasteiger partial charge on any atom is 0.412 e. The van der Waals surface area contributed by atoms with Gasteiger partial charge >= 0.3 is 6.09 Å². The van der Waals surface area contributed by atoms with Crippen molar-refractivity contribution in [2.24, 2.45) is 0 Å². The van der Waals surface area contributed by atoms with Crippen LogP contribution in [0.2, 0.25) is 45.3 Å². The van der Waals surface area contributed by atoms with E-state index in [0.717, 1.165) is 36.1 Å². The van der Waals surface area contributed by atoms with Crippen molar-refractivity contribution in [2.45, 2.75) is 84.0 Å². The number of amides is 1. The average Bonchev–Trinajstić information content (AvgIpc) is 2.82. The van der Waals surface area contributed by atoms with Gasteiger partial charge in [-0.15, -0.1) is 0 Å². The van der Waals surface area contributed by atoms with Gasteiger partial charge in [0.15, 0.2) is 8.32 Å². The largest absolute Gasteiger partial charge is 0.497 e. The second-order valence-electron chi connectivity index (χ2n) is 11.4. The van der Waals surface area contributed by atoms with Crippen LogP contribution in [0, 0.1) is 0 Å². The van der Waals surface area contributed by atoms with E-state index in [1.807, 2.05) is 54.6 Å². The van der Waals surface area contributed by atoms with Gasteiger partial charge in [-0.1, -0.05) is 74.3 Å². The van der Waals surface area contributed by atoms with Crippen molar-refractivity contribution in [3.8, 4) is 5.75 Å². The molecule has 2 rings (SSSR count). The predicted octanol–water partition coefficient (Wildman–Crippen LogP) is 8.08. The minimum absolute atomic E-state index is 0.234. The molecule has 0 fully saturated rings. The van der Waals surface area contributed by atoms with Gasteiger partial charge in [-0.2, -0.15) is 0 Å². The Kier molecular flexibility index (Phi) is 11.9. The van der Waals surface area contributed by atoms with Crippen molar-refractivity contribution in [3.05, 3.63) is 77.9 Å². The number of methoxy groups -OCH3 is 1. The van der Waals surface area contributed by atoms with Gasteiger partial charge in [0.2, 0.25) is 0 Å². The molecule has 1 amide bonds. The third-order valence-electron chi connectivity index (χ3n) is 5.51. The molecule has 0 radical (unpaired) electrons. The number of allylic oxidation sites excluding steroid dienone is 2. The molecule has 0 aliphatic heterocycles. The third-order valence-corrected chi connectivity index (χ3v) is 7.95. The lowest BCUT2D eigenvalue weighted by Gasteiger charge is -2.35. The lowest BCUT2D eigenvalue weighted by molar-refractivity contribution is -0.00185. The average molecular weight is 528 g/mol. The molecular formula is C29H45NO4Si2. The fourth-order valence-electron chi connectivity index (χ4n) is 3.67. The molecule has 0 saturated carbocycles. The van der Waals surface area contributed by atoms with Crippen LogP contribution >= 0.6 is 0 Å². The van der Waals surface area contributed by atoms with E-state index in [0.29, 0.717) is 6.54 Å².